The van der Waals surface area contributed by atoms with Crippen LogP contribution in [0.3, 0.4) is 0 Å². The largest absolute Gasteiger partial charge is 0.496 e. The van der Waals surface area contributed by atoms with Crippen molar-refractivity contribution in [3.05, 3.63) is 29.3 Å². The van der Waals surface area contributed by atoms with Crippen molar-refractivity contribution in [2.45, 2.75) is 19.9 Å². The summed E-state index contributed by atoms with van der Waals surface area (Å²) in [6.45, 7) is 6.66. The van der Waals surface area contributed by atoms with Gasteiger partial charge in [-0.05, 0) is 45.5 Å². The average Bonchev–Trinajstić information content (AvgIpc) is 2.77. The lowest BCUT2D eigenvalue weighted by molar-refractivity contribution is 0.307. The molecular weight excluding hydrogens is 224 g/mol. The molecule has 0 aromatic heterocycles. The van der Waals surface area contributed by atoms with Crippen LogP contribution in [-0.2, 0) is 6.54 Å². The predicted octanol–water partition coefficient (Wildman–Crippen LogP) is 2.04. The number of hydrogen-bond acceptors (Lipinski definition) is 3. The van der Waals surface area contributed by atoms with E-state index in [1.165, 1.54) is 30.6 Å². The van der Waals surface area contributed by atoms with Gasteiger partial charge in [0, 0.05) is 18.7 Å². The second-order valence-electron chi connectivity index (χ2n) is 5.26. The minimum Gasteiger partial charge on any atom is -0.496 e. The SMILES string of the molecule is CNCC1CCN(Cc2cc(C)ccc2OC)C1. The zero-order valence-corrected chi connectivity index (χ0v) is 11.7. The van der Waals surface area contributed by atoms with Gasteiger partial charge in [0.1, 0.15) is 5.75 Å². The number of nitrogens with zero attached hydrogens (tertiary/aromatic N) is 1. The highest BCUT2D eigenvalue weighted by molar-refractivity contribution is 5.36. The second kappa shape index (κ2) is 6.21. The highest BCUT2D eigenvalue weighted by Crippen LogP contribution is 2.24. The van der Waals surface area contributed by atoms with Crippen LogP contribution in [0.2, 0.25) is 0 Å². The van der Waals surface area contributed by atoms with Gasteiger partial charge in [0.25, 0.3) is 0 Å². The topological polar surface area (TPSA) is 24.5 Å². The molecule has 1 unspecified atom stereocenters. The molecule has 1 aromatic carbocycles. The number of hydrogen-bond donors (Lipinski definition) is 1. The van der Waals surface area contributed by atoms with E-state index < -0.39 is 0 Å². The summed E-state index contributed by atoms with van der Waals surface area (Å²) in [5.41, 5.74) is 2.61. The molecule has 3 heteroatoms. The van der Waals surface area contributed by atoms with E-state index in [0.29, 0.717) is 0 Å². The quantitative estimate of drug-likeness (QED) is 0.863. The van der Waals surface area contributed by atoms with E-state index in [0.717, 1.165) is 24.8 Å². The molecular formula is C15H24N2O. The number of nitrogens with one attached hydrogen (secondary N) is 1. The van der Waals surface area contributed by atoms with Gasteiger partial charge in [0.2, 0.25) is 0 Å². The Morgan fingerprint density at radius 2 is 2.28 bits per heavy atom. The molecule has 0 radical (unpaired) electrons. The van der Waals surface area contributed by atoms with Gasteiger partial charge >= 0.3 is 0 Å². The molecule has 1 N–H and O–H groups in total. The average molecular weight is 248 g/mol. The lowest BCUT2D eigenvalue weighted by Crippen LogP contribution is -2.24. The van der Waals surface area contributed by atoms with E-state index in [2.05, 4.69) is 35.3 Å². The maximum Gasteiger partial charge on any atom is 0.123 e. The monoisotopic (exact) mass is 248 g/mol. The Balaban J connectivity index is 1.99. The van der Waals surface area contributed by atoms with Crippen LogP contribution >= 0.6 is 0 Å². The van der Waals surface area contributed by atoms with Crippen molar-refractivity contribution in [2.24, 2.45) is 5.92 Å². The molecule has 100 valence electrons. The number of ether oxygens (including phenoxy) is 1. The third-order valence-electron chi connectivity index (χ3n) is 3.69. The van der Waals surface area contributed by atoms with Gasteiger partial charge in [-0.3, -0.25) is 4.90 Å². The first kappa shape index (κ1) is 13.4. The molecule has 0 saturated carbocycles. The number of aryl methyl sites for hydroxylation is 1. The van der Waals surface area contributed by atoms with E-state index in [1.807, 2.05) is 7.05 Å². The Morgan fingerprint density at radius 3 is 3.00 bits per heavy atom. The van der Waals surface area contributed by atoms with Crippen LogP contribution in [0.25, 0.3) is 0 Å². The van der Waals surface area contributed by atoms with Crippen molar-refractivity contribution >= 4 is 0 Å². The first-order chi connectivity index (χ1) is 8.72. The fraction of sp³-hybridized carbons (Fsp3) is 0.600. The maximum absolute atomic E-state index is 5.45. The molecule has 1 heterocycles. The van der Waals surface area contributed by atoms with Crippen LogP contribution in [0.5, 0.6) is 5.75 Å². The van der Waals surface area contributed by atoms with Gasteiger partial charge in [-0.25, -0.2) is 0 Å². The fourth-order valence-corrected chi connectivity index (χ4v) is 2.78. The summed E-state index contributed by atoms with van der Waals surface area (Å²) in [4.78, 5) is 2.53. The summed E-state index contributed by atoms with van der Waals surface area (Å²) in [6.07, 6.45) is 1.30. The fourth-order valence-electron chi connectivity index (χ4n) is 2.78. The minimum atomic E-state index is 0.797. The first-order valence-corrected chi connectivity index (χ1v) is 6.73. The summed E-state index contributed by atoms with van der Waals surface area (Å²) in [5.74, 6) is 1.81. The van der Waals surface area contributed by atoms with E-state index in [4.69, 9.17) is 4.74 Å². The highest BCUT2D eigenvalue weighted by Gasteiger charge is 2.22. The van der Waals surface area contributed by atoms with Gasteiger partial charge in [0.15, 0.2) is 0 Å². The molecule has 0 bridgehead atoms. The van der Waals surface area contributed by atoms with Crippen molar-refractivity contribution in [2.75, 3.05) is 33.8 Å². The van der Waals surface area contributed by atoms with Crippen molar-refractivity contribution in [3.63, 3.8) is 0 Å². The van der Waals surface area contributed by atoms with E-state index >= 15 is 0 Å². The Labute approximate surface area is 110 Å². The van der Waals surface area contributed by atoms with Crippen LogP contribution in [0, 0.1) is 12.8 Å². The maximum atomic E-state index is 5.45. The first-order valence-electron chi connectivity index (χ1n) is 6.73. The lowest BCUT2D eigenvalue weighted by atomic mass is 10.1. The van der Waals surface area contributed by atoms with E-state index in [9.17, 15) is 0 Å². The van der Waals surface area contributed by atoms with Crippen LogP contribution < -0.4 is 10.1 Å². The molecule has 1 saturated heterocycles. The molecule has 0 aliphatic carbocycles. The Bertz CT molecular complexity index is 392. The standard InChI is InChI=1S/C15H24N2O/c1-12-4-5-15(18-3)14(8-12)11-17-7-6-13(10-17)9-16-2/h4-5,8,13,16H,6-7,9-11H2,1-3H3. The minimum absolute atomic E-state index is 0.797. The summed E-state index contributed by atoms with van der Waals surface area (Å²) in [6, 6.07) is 6.42. The molecule has 1 fully saturated rings. The second-order valence-corrected chi connectivity index (χ2v) is 5.26. The zero-order valence-electron chi connectivity index (χ0n) is 11.7. The van der Waals surface area contributed by atoms with Gasteiger partial charge in [-0.1, -0.05) is 17.7 Å². The van der Waals surface area contributed by atoms with Gasteiger partial charge in [-0.15, -0.1) is 0 Å². The predicted molar refractivity (Wildman–Crippen MR) is 75.0 cm³/mol. The van der Waals surface area contributed by atoms with Crippen LogP contribution in [0.15, 0.2) is 18.2 Å². The number of methoxy groups -OCH3 is 1. The highest BCUT2D eigenvalue weighted by atomic mass is 16.5. The zero-order chi connectivity index (χ0) is 13.0. The molecule has 3 nitrogen and oxygen atoms in total. The molecule has 0 spiro atoms. The van der Waals surface area contributed by atoms with Crippen molar-refractivity contribution in [1.82, 2.24) is 10.2 Å². The molecule has 2 rings (SSSR count). The Morgan fingerprint density at radius 1 is 1.44 bits per heavy atom. The van der Waals surface area contributed by atoms with Crippen LogP contribution in [-0.4, -0.2) is 38.7 Å². The van der Waals surface area contributed by atoms with Gasteiger partial charge < -0.3 is 10.1 Å². The van der Waals surface area contributed by atoms with Crippen LogP contribution in [0.1, 0.15) is 17.5 Å². The van der Waals surface area contributed by atoms with Crippen LogP contribution in [0.4, 0.5) is 0 Å². The Hall–Kier alpha value is -1.06. The number of likely N-dealkylation sites (tertiary alicyclic amines) is 1. The third kappa shape index (κ3) is 3.24. The van der Waals surface area contributed by atoms with Crippen molar-refractivity contribution < 1.29 is 4.74 Å². The summed E-state index contributed by atoms with van der Waals surface area (Å²) in [5, 5.41) is 3.27. The molecule has 1 aliphatic heterocycles. The van der Waals surface area contributed by atoms with Gasteiger partial charge in [-0.2, -0.15) is 0 Å². The molecule has 18 heavy (non-hydrogen) atoms. The van der Waals surface area contributed by atoms with Crippen molar-refractivity contribution in [1.29, 1.82) is 0 Å². The molecule has 1 aliphatic rings. The number of rotatable bonds is 5. The van der Waals surface area contributed by atoms with Crippen molar-refractivity contribution in [3.8, 4) is 5.75 Å². The lowest BCUT2D eigenvalue weighted by Gasteiger charge is -2.18. The van der Waals surface area contributed by atoms with Gasteiger partial charge in [0.05, 0.1) is 7.11 Å². The molecule has 0 amide bonds. The summed E-state index contributed by atoms with van der Waals surface area (Å²) in [7, 11) is 3.79. The smallest absolute Gasteiger partial charge is 0.123 e. The van der Waals surface area contributed by atoms with E-state index in [1.54, 1.807) is 7.11 Å². The summed E-state index contributed by atoms with van der Waals surface area (Å²) < 4.78 is 5.45. The third-order valence-corrected chi connectivity index (χ3v) is 3.69. The molecule has 1 aromatic rings. The normalized spacial score (nSPS) is 20.3. The number of benzene rings is 1. The van der Waals surface area contributed by atoms with E-state index in [-0.39, 0.29) is 0 Å². The molecule has 1 atom stereocenters. The summed E-state index contributed by atoms with van der Waals surface area (Å²) >= 11 is 0. The Kier molecular flexibility index (Phi) is 4.61.